The Hall–Kier alpha value is -3.41. The molecule has 6 heteroatoms. The number of benzene rings is 2. The van der Waals surface area contributed by atoms with Crippen LogP contribution in [0.3, 0.4) is 0 Å². The Morgan fingerprint density at radius 2 is 1.94 bits per heavy atom. The minimum atomic E-state index is -0.412. The van der Waals surface area contributed by atoms with Crippen molar-refractivity contribution in [1.82, 2.24) is 14.9 Å². The molecule has 1 aromatic heterocycles. The number of carbonyl (C=O) groups is 2. The Balaban J connectivity index is 1.40. The zero-order valence-corrected chi connectivity index (χ0v) is 17.2. The van der Waals surface area contributed by atoms with Crippen LogP contribution >= 0.6 is 0 Å². The highest BCUT2D eigenvalue weighted by molar-refractivity contribution is 5.98. The maximum Gasteiger partial charge on any atom is 0.222 e. The van der Waals surface area contributed by atoms with E-state index in [1.807, 2.05) is 30.3 Å². The van der Waals surface area contributed by atoms with Gasteiger partial charge in [-0.2, -0.15) is 0 Å². The third-order valence-electron chi connectivity index (χ3n) is 5.69. The average Bonchev–Trinajstić information content (AvgIpc) is 2.83. The SMILES string of the molecule is O=C(c1ccc(-c2ccccc2)c(F)c1)[C@@H]1CCCN(C(=O)CCc2cnccn2)C1. The lowest BCUT2D eigenvalue weighted by Crippen LogP contribution is -2.42. The van der Waals surface area contributed by atoms with Crippen molar-refractivity contribution in [2.24, 2.45) is 5.92 Å². The van der Waals surface area contributed by atoms with Crippen molar-refractivity contribution < 1.29 is 14.0 Å². The summed E-state index contributed by atoms with van der Waals surface area (Å²) in [6.45, 7) is 1.02. The molecule has 0 N–H and O–H groups in total. The molecule has 158 valence electrons. The van der Waals surface area contributed by atoms with Gasteiger partial charge in [-0.25, -0.2) is 4.39 Å². The van der Waals surface area contributed by atoms with Gasteiger partial charge in [0.2, 0.25) is 5.91 Å². The second-order valence-corrected chi connectivity index (χ2v) is 7.80. The lowest BCUT2D eigenvalue weighted by molar-refractivity contribution is -0.132. The van der Waals surface area contributed by atoms with Crippen molar-refractivity contribution >= 4 is 11.7 Å². The number of carbonyl (C=O) groups excluding carboxylic acids is 2. The quantitative estimate of drug-likeness (QED) is 0.560. The minimum Gasteiger partial charge on any atom is -0.342 e. The van der Waals surface area contributed by atoms with Gasteiger partial charge in [0.05, 0.1) is 5.69 Å². The number of hydrogen-bond acceptors (Lipinski definition) is 4. The molecule has 2 heterocycles. The van der Waals surface area contributed by atoms with Crippen molar-refractivity contribution in [3.05, 3.63) is 84.2 Å². The van der Waals surface area contributed by atoms with E-state index in [1.165, 1.54) is 6.07 Å². The zero-order chi connectivity index (χ0) is 21.6. The van der Waals surface area contributed by atoms with E-state index in [4.69, 9.17) is 0 Å². The molecule has 3 aromatic rings. The van der Waals surface area contributed by atoms with Crippen LogP contribution in [0.5, 0.6) is 0 Å². The van der Waals surface area contributed by atoms with Crippen LogP contribution in [0.4, 0.5) is 4.39 Å². The van der Waals surface area contributed by atoms with E-state index >= 15 is 0 Å². The maximum absolute atomic E-state index is 14.7. The van der Waals surface area contributed by atoms with Gasteiger partial charge < -0.3 is 4.90 Å². The van der Waals surface area contributed by atoms with E-state index in [0.29, 0.717) is 43.5 Å². The molecule has 0 unspecified atom stereocenters. The minimum absolute atomic E-state index is 0.00811. The number of rotatable bonds is 6. The standard InChI is InChI=1S/C25H24FN3O2/c26-23-15-19(8-10-22(23)18-5-2-1-3-6-18)25(31)20-7-4-14-29(17-20)24(30)11-9-21-16-27-12-13-28-21/h1-3,5-6,8,10,12-13,15-16,20H,4,7,9,11,14,17H2/t20-/m1/s1. The molecule has 31 heavy (non-hydrogen) atoms. The average molecular weight is 417 g/mol. The molecular weight excluding hydrogens is 393 g/mol. The molecule has 0 bridgehead atoms. The van der Waals surface area contributed by atoms with Crippen LogP contribution in [0.15, 0.2) is 67.1 Å². The third kappa shape index (κ3) is 5.02. The molecule has 0 radical (unpaired) electrons. The van der Waals surface area contributed by atoms with E-state index in [0.717, 1.165) is 17.7 Å². The summed E-state index contributed by atoms with van der Waals surface area (Å²) in [5.41, 5.74) is 2.38. The molecule has 1 saturated heterocycles. The molecular formula is C25H24FN3O2. The summed E-state index contributed by atoms with van der Waals surface area (Å²) >= 11 is 0. The van der Waals surface area contributed by atoms with E-state index in [1.54, 1.807) is 35.6 Å². The number of aromatic nitrogens is 2. The van der Waals surface area contributed by atoms with Gasteiger partial charge in [-0.3, -0.25) is 19.6 Å². The Morgan fingerprint density at radius 3 is 2.68 bits per heavy atom. The molecule has 0 spiro atoms. The number of aryl methyl sites for hydroxylation is 1. The predicted octanol–water partition coefficient (Wildman–Crippen LogP) is 4.34. The largest absolute Gasteiger partial charge is 0.342 e. The van der Waals surface area contributed by atoms with E-state index in [-0.39, 0.29) is 17.6 Å². The summed E-state index contributed by atoms with van der Waals surface area (Å²) in [4.78, 5) is 35.6. The van der Waals surface area contributed by atoms with Crippen molar-refractivity contribution in [3.63, 3.8) is 0 Å². The van der Waals surface area contributed by atoms with E-state index in [2.05, 4.69) is 9.97 Å². The van der Waals surface area contributed by atoms with Gasteiger partial charge >= 0.3 is 0 Å². The summed E-state index contributed by atoms with van der Waals surface area (Å²) in [6, 6.07) is 13.9. The van der Waals surface area contributed by atoms with E-state index in [9.17, 15) is 14.0 Å². The fourth-order valence-corrected chi connectivity index (χ4v) is 4.03. The van der Waals surface area contributed by atoms with Gasteiger partial charge in [-0.1, -0.05) is 42.5 Å². The van der Waals surface area contributed by atoms with Crippen molar-refractivity contribution in [1.29, 1.82) is 0 Å². The first-order valence-electron chi connectivity index (χ1n) is 10.5. The van der Waals surface area contributed by atoms with Gasteiger partial charge in [0.25, 0.3) is 0 Å². The molecule has 0 aliphatic carbocycles. The number of piperidine rings is 1. The maximum atomic E-state index is 14.7. The second kappa shape index (κ2) is 9.60. The summed E-state index contributed by atoms with van der Waals surface area (Å²) in [5.74, 6) is -0.820. The Kier molecular flexibility index (Phi) is 6.46. The highest BCUT2D eigenvalue weighted by atomic mass is 19.1. The number of amides is 1. The molecule has 1 aliphatic rings. The van der Waals surface area contributed by atoms with Crippen LogP contribution in [0.25, 0.3) is 11.1 Å². The first-order chi connectivity index (χ1) is 15.1. The number of ketones is 1. The normalized spacial score (nSPS) is 16.2. The number of Topliss-reactive ketones (excluding diaryl/α,β-unsaturated/α-hetero) is 1. The number of likely N-dealkylation sites (tertiary alicyclic amines) is 1. The highest BCUT2D eigenvalue weighted by Gasteiger charge is 2.29. The number of halogens is 1. The first-order valence-corrected chi connectivity index (χ1v) is 10.5. The van der Waals surface area contributed by atoms with Gasteiger partial charge in [0.1, 0.15) is 5.82 Å². The lowest BCUT2D eigenvalue weighted by Gasteiger charge is -2.32. The molecule has 0 saturated carbocycles. The second-order valence-electron chi connectivity index (χ2n) is 7.80. The van der Waals surface area contributed by atoms with Crippen LogP contribution in [0.1, 0.15) is 35.3 Å². The molecule has 5 nitrogen and oxygen atoms in total. The molecule has 4 rings (SSSR count). The van der Waals surface area contributed by atoms with Gasteiger partial charge in [-0.15, -0.1) is 0 Å². The van der Waals surface area contributed by atoms with Gasteiger partial charge in [0, 0.05) is 55.1 Å². The molecule has 1 fully saturated rings. The molecule has 2 aromatic carbocycles. The Bertz CT molecular complexity index is 1060. The Labute approximate surface area is 181 Å². The topological polar surface area (TPSA) is 63.2 Å². The summed E-state index contributed by atoms with van der Waals surface area (Å²) in [7, 11) is 0. The van der Waals surface area contributed by atoms with Crippen LogP contribution in [0, 0.1) is 11.7 Å². The van der Waals surface area contributed by atoms with Crippen molar-refractivity contribution in [2.45, 2.75) is 25.7 Å². The van der Waals surface area contributed by atoms with Crippen molar-refractivity contribution in [3.8, 4) is 11.1 Å². The first kappa shape index (κ1) is 20.8. The zero-order valence-electron chi connectivity index (χ0n) is 17.2. The molecule has 1 amide bonds. The van der Waals surface area contributed by atoms with Crippen LogP contribution in [-0.2, 0) is 11.2 Å². The van der Waals surface area contributed by atoms with Crippen LogP contribution in [0.2, 0.25) is 0 Å². The smallest absolute Gasteiger partial charge is 0.222 e. The fourth-order valence-electron chi connectivity index (χ4n) is 4.03. The number of nitrogens with zero attached hydrogens (tertiary/aromatic N) is 3. The third-order valence-corrected chi connectivity index (χ3v) is 5.69. The van der Waals surface area contributed by atoms with E-state index < -0.39 is 5.82 Å². The molecule has 1 atom stereocenters. The highest BCUT2D eigenvalue weighted by Crippen LogP contribution is 2.26. The van der Waals surface area contributed by atoms with Crippen LogP contribution in [-0.4, -0.2) is 39.6 Å². The number of hydrogen-bond donors (Lipinski definition) is 0. The summed E-state index contributed by atoms with van der Waals surface area (Å²) in [6.07, 6.45) is 7.18. The van der Waals surface area contributed by atoms with Crippen LogP contribution < -0.4 is 0 Å². The summed E-state index contributed by atoms with van der Waals surface area (Å²) in [5, 5.41) is 0. The summed E-state index contributed by atoms with van der Waals surface area (Å²) < 4.78 is 14.7. The van der Waals surface area contributed by atoms with Crippen molar-refractivity contribution in [2.75, 3.05) is 13.1 Å². The lowest BCUT2D eigenvalue weighted by atomic mass is 9.89. The fraction of sp³-hybridized carbons (Fsp3) is 0.280. The van der Waals surface area contributed by atoms with Gasteiger partial charge in [-0.05, 0) is 30.9 Å². The monoisotopic (exact) mass is 417 g/mol. The predicted molar refractivity (Wildman–Crippen MR) is 116 cm³/mol. The van der Waals surface area contributed by atoms with Gasteiger partial charge in [0.15, 0.2) is 5.78 Å². The Morgan fingerprint density at radius 1 is 1.10 bits per heavy atom. The molecule has 1 aliphatic heterocycles.